The van der Waals surface area contributed by atoms with Gasteiger partial charge in [-0.25, -0.2) is 0 Å². The number of hydrogen-bond acceptors (Lipinski definition) is 2. The Morgan fingerprint density at radius 2 is 1.60 bits per heavy atom. The summed E-state index contributed by atoms with van der Waals surface area (Å²) in [6.45, 7) is 10.4. The molecule has 0 aliphatic heterocycles. The molecular weight excluding hydrogens is 262 g/mol. The summed E-state index contributed by atoms with van der Waals surface area (Å²) in [5.41, 5.74) is 1.47. The summed E-state index contributed by atoms with van der Waals surface area (Å²) in [5.74, 6) is 3.33. The highest BCUT2D eigenvalue weighted by molar-refractivity contribution is 7.99. The third-order valence-corrected chi connectivity index (χ3v) is 4.92. The molecule has 0 spiro atoms. The second-order valence-electron chi connectivity index (χ2n) is 6.63. The van der Waals surface area contributed by atoms with Gasteiger partial charge in [0.1, 0.15) is 0 Å². The zero-order valence-corrected chi connectivity index (χ0v) is 14.8. The van der Waals surface area contributed by atoms with E-state index in [1.807, 2.05) is 11.8 Å². The monoisotopic (exact) mass is 293 g/mol. The molecule has 0 amide bonds. The van der Waals surface area contributed by atoms with Crippen LogP contribution in [0.1, 0.15) is 45.6 Å². The normalized spacial score (nSPS) is 14.8. The minimum Gasteiger partial charge on any atom is -0.309 e. The van der Waals surface area contributed by atoms with Crippen LogP contribution in [-0.4, -0.2) is 31.3 Å². The van der Waals surface area contributed by atoms with Crippen molar-refractivity contribution in [2.75, 3.05) is 26.4 Å². The van der Waals surface area contributed by atoms with E-state index >= 15 is 0 Å². The Labute approximate surface area is 130 Å². The molecule has 1 rings (SSSR count). The molecule has 0 N–H and O–H groups in total. The van der Waals surface area contributed by atoms with Gasteiger partial charge in [0.05, 0.1) is 0 Å². The maximum absolute atomic E-state index is 2.34. The molecule has 0 radical (unpaired) electrons. The Hall–Kier alpha value is -0.470. The fourth-order valence-corrected chi connectivity index (χ4v) is 3.50. The zero-order valence-electron chi connectivity index (χ0n) is 14.0. The number of rotatable bonds is 8. The summed E-state index contributed by atoms with van der Waals surface area (Å²) < 4.78 is 0. The highest BCUT2D eigenvalue weighted by Crippen LogP contribution is 2.27. The standard InChI is InChI=1S/C18H31NS/c1-14(2)11-12-20-18-9-7-17(8-10-18)16(4)15(3)13-19(5)6/h7-10,14-16H,11-13H2,1-6H3. The van der Waals surface area contributed by atoms with Crippen LogP contribution in [0.4, 0.5) is 0 Å². The minimum absolute atomic E-state index is 0.618. The lowest BCUT2D eigenvalue weighted by molar-refractivity contribution is 0.313. The third-order valence-electron chi connectivity index (χ3n) is 3.88. The van der Waals surface area contributed by atoms with Gasteiger partial charge in [0, 0.05) is 11.4 Å². The van der Waals surface area contributed by atoms with Crippen LogP contribution in [0, 0.1) is 11.8 Å². The second kappa shape index (κ2) is 8.74. The first-order chi connectivity index (χ1) is 9.40. The molecule has 1 aromatic rings. The van der Waals surface area contributed by atoms with E-state index in [4.69, 9.17) is 0 Å². The molecule has 20 heavy (non-hydrogen) atoms. The predicted octanol–water partition coefficient (Wildman–Crippen LogP) is 5.13. The molecule has 0 saturated carbocycles. The summed E-state index contributed by atoms with van der Waals surface area (Å²) >= 11 is 1.98. The Kier molecular flexibility index (Phi) is 7.68. The van der Waals surface area contributed by atoms with Crippen molar-refractivity contribution in [1.82, 2.24) is 4.90 Å². The number of nitrogens with zero attached hydrogens (tertiary/aromatic N) is 1. The highest BCUT2D eigenvalue weighted by Gasteiger charge is 2.14. The van der Waals surface area contributed by atoms with Gasteiger partial charge in [-0.15, -0.1) is 11.8 Å². The first kappa shape index (κ1) is 17.6. The molecule has 0 bridgehead atoms. The average Bonchev–Trinajstić information content (AvgIpc) is 2.37. The summed E-state index contributed by atoms with van der Waals surface area (Å²) in [6.07, 6.45) is 1.29. The molecule has 0 saturated heterocycles. The van der Waals surface area contributed by atoms with Gasteiger partial charge in [0.25, 0.3) is 0 Å². The predicted molar refractivity (Wildman–Crippen MR) is 92.8 cm³/mol. The van der Waals surface area contributed by atoms with Crippen LogP contribution >= 0.6 is 11.8 Å². The van der Waals surface area contributed by atoms with E-state index < -0.39 is 0 Å². The second-order valence-corrected chi connectivity index (χ2v) is 7.80. The van der Waals surface area contributed by atoms with Gasteiger partial charge in [0.15, 0.2) is 0 Å². The minimum atomic E-state index is 0.618. The topological polar surface area (TPSA) is 3.24 Å². The van der Waals surface area contributed by atoms with Gasteiger partial charge < -0.3 is 4.90 Å². The lowest BCUT2D eigenvalue weighted by atomic mass is 9.89. The van der Waals surface area contributed by atoms with Crippen molar-refractivity contribution in [3.63, 3.8) is 0 Å². The lowest BCUT2D eigenvalue weighted by Crippen LogP contribution is -2.23. The van der Waals surface area contributed by atoms with Crippen LogP contribution in [0.25, 0.3) is 0 Å². The van der Waals surface area contributed by atoms with Crippen molar-refractivity contribution in [3.8, 4) is 0 Å². The Morgan fingerprint density at radius 3 is 2.10 bits per heavy atom. The number of thioether (sulfide) groups is 1. The lowest BCUT2D eigenvalue weighted by Gasteiger charge is -2.23. The molecular formula is C18H31NS. The summed E-state index contributed by atoms with van der Waals surface area (Å²) in [6, 6.07) is 9.21. The Morgan fingerprint density at radius 1 is 1.00 bits per heavy atom. The molecule has 1 aromatic carbocycles. The van der Waals surface area contributed by atoms with Gasteiger partial charge >= 0.3 is 0 Å². The Balaban J connectivity index is 2.52. The van der Waals surface area contributed by atoms with Gasteiger partial charge in [-0.3, -0.25) is 0 Å². The maximum atomic E-state index is 2.34. The maximum Gasteiger partial charge on any atom is 0.00721 e. The molecule has 0 fully saturated rings. The number of benzene rings is 1. The van der Waals surface area contributed by atoms with Crippen molar-refractivity contribution in [1.29, 1.82) is 0 Å². The first-order valence-corrected chi connectivity index (χ1v) is 8.76. The molecule has 0 aromatic heterocycles. The van der Waals surface area contributed by atoms with Crippen LogP contribution in [0.5, 0.6) is 0 Å². The molecule has 0 aliphatic rings. The SMILES string of the molecule is CC(C)CCSc1ccc(C(C)C(C)CN(C)C)cc1. The van der Waals surface area contributed by atoms with Crippen molar-refractivity contribution in [3.05, 3.63) is 29.8 Å². The van der Waals surface area contributed by atoms with Gasteiger partial charge in [-0.05, 0) is 61.7 Å². The largest absolute Gasteiger partial charge is 0.309 e. The third kappa shape index (κ3) is 6.32. The van der Waals surface area contributed by atoms with E-state index in [-0.39, 0.29) is 0 Å². The molecule has 0 aliphatic carbocycles. The molecule has 2 unspecified atom stereocenters. The van der Waals surface area contributed by atoms with E-state index in [0.717, 1.165) is 12.5 Å². The summed E-state index contributed by atoms with van der Waals surface area (Å²) in [5, 5.41) is 0. The quantitative estimate of drug-likeness (QED) is 0.612. The van der Waals surface area contributed by atoms with Crippen LogP contribution in [0.3, 0.4) is 0 Å². The average molecular weight is 294 g/mol. The van der Waals surface area contributed by atoms with Crippen molar-refractivity contribution in [2.24, 2.45) is 11.8 Å². The van der Waals surface area contributed by atoms with E-state index in [0.29, 0.717) is 11.8 Å². The van der Waals surface area contributed by atoms with Gasteiger partial charge in [-0.2, -0.15) is 0 Å². The molecule has 2 atom stereocenters. The van der Waals surface area contributed by atoms with Crippen LogP contribution in [0.2, 0.25) is 0 Å². The smallest absolute Gasteiger partial charge is 0.00721 e. The van der Waals surface area contributed by atoms with Crippen molar-refractivity contribution >= 4 is 11.8 Å². The molecule has 2 heteroatoms. The van der Waals surface area contributed by atoms with E-state index in [2.05, 4.69) is 71.0 Å². The summed E-state index contributed by atoms with van der Waals surface area (Å²) in [7, 11) is 4.30. The van der Waals surface area contributed by atoms with Gasteiger partial charge in [0.2, 0.25) is 0 Å². The van der Waals surface area contributed by atoms with E-state index in [9.17, 15) is 0 Å². The first-order valence-electron chi connectivity index (χ1n) is 7.77. The van der Waals surface area contributed by atoms with Crippen LogP contribution < -0.4 is 0 Å². The number of hydrogen-bond donors (Lipinski definition) is 0. The van der Waals surface area contributed by atoms with Crippen LogP contribution in [0.15, 0.2) is 29.2 Å². The molecule has 114 valence electrons. The van der Waals surface area contributed by atoms with Crippen molar-refractivity contribution < 1.29 is 0 Å². The Bertz CT molecular complexity index is 370. The van der Waals surface area contributed by atoms with E-state index in [1.165, 1.54) is 22.6 Å². The summed E-state index contributed by atoms with van der Waals surface area (Å²) in [4.78, 5) is 3.68. The highest BCUT2D eigenvalue weighted by atomic mass is 32.2. The van der Waals surface area contributed by atoms with Crippen molar-refractivity contribution in [2.45, 2.75) is 44.9 Å². The fraction of sp³-hybridized carbons (Fsp3) is 0.667. The van der Waals surface area contributed by atoms with Gasteiger partial charge in [-0.1, -0.05) is 39.8 Å². The fourth-order valence-electron chi connectivity index (χ4n) is 2.34. The molecule has 1 nitrogen and oxygen atoms in total. The molecule has 0 heterocycles. The van der Waals surface area contributed by atoms with E-state index in [1.54, 1.807) is 0 Å². The zero-order chi connectivity index (χ0) is 15.1. The van der Waals surface area contributed by atoms with Crippen LogP contribution in [-0.2, 0) is 0 Å².